The number of hydrogen-bond acceptors (Lipinski definition) is 5. The lowest BCUT2D eigenvalue weighted by Crippen LogP contribution is -2.21. The number of benzene rings is 1. The fourth-order valence-corrected chi connectivity index (χ4v) is 3.00. The summed E-state index contributed by atoms with van der Waals surface area (Å²) in [6.07, 6.45) is 0. The van der Waals surface area contributed by atoms with Gasteiger partial charge in [0, 0.05) is 9.85 Å². The summed E-state index contributed by atoms with van der Waals surface area (Å²) in [7, 11) is 0. The van der Waals surface area contributed by atoms with Crippen LogP contribution in [0.5, 0.6) is 0 Å². The van der Waals surface area contributed by atoms with Crippen LogP contribution in [0.2, 0.25) is 0 Å². The van der Waals surface area contributed by atoms with E-state index >= 15 is 0 Å². The molecule has 3 rings (SSSR count). The van der Waals surface area contributed by atoms with Crippen LogP contribution < -0.4 is 11.0 Å². The fraction of sp³-hybridized carbons (Fsp3) is 0.0714. The lowest BCUT2D eigenvalue weighted by Gasteiger charge is -2.08. The van der Waals surface area contributed by atoms with Gasteiger partial charge < -0.3 is 20.0 Å². The summed E-state index contributed by atoms with van der Waals surface area (Å²) >= 11 is 4.68. The topological polar surface area (TPSA) is 104 Å². The molecule has 3 N–H and O–H groups in total. The molecule has 0 bridgehead atoms. The third-order valence-corrected chi connectivity index (χ3v) is 4.31. The molecule has 3 aromatic rings. The Bertz CT molecular complexity index is 929. The number of amides is 1. The minimum Gasteiger partial charge on any atom is -0.452 e. The lowest BCUT2D eigenvalue weighted by atomic mass is 10.2. The molecule has 0 fully saturated rings. The van der Waals surface area contributed by atoms with Gasteiger partial charge in [-0.05, 0) is 39.5 Å². The Balaban J connectivity index is 1.66. The van der Waals surface area contributed by atoms with Gasteiger partial charge in [-0.1, -0.05) is 0 Å². The molecule has 0 aliphatic rings. The summed E-state index contributed by atoms with van der Waals surface area (Å²) in [6.45, 7) is -0.400. The Morgan fingerprint density at radius 3 is 2.70 bits per heavy atom. The van der Waals surface area contributed by atoms with Crippen molar-refractivity contribution < 1.29 is 14.3 Å². The number of carbonyl (C=O) groups is 2. The zero-order chi connectivity index (χ0) is 16.4. The summed E-state index contributed by atoms with van der Waals surface area (Å²) in [6, 6.07) is 4.90. The highest BCUT2D eigenvalue weighted by atomic mass is 79.9. The largest absolute Gasteiger partial charge is 0.452 e. The normalized spacial score (nSPS) is 10.7. The van der Waals surface area contributed by atoms with Crippen molar-refractivity contribution >= 4 is 55.9 Å². The molecule has 118 valence electrons. The average Bonchev–Trinajstić information content (AvgIpc) is 3.14. The van der Waals surface area contributed by atoms with Gasteiger partial charge in [0.25, 0.3) is 5.91 Å². The minimum atomic E-state index is -0.550. The number of nitrogens with one attached hydrogen (secondary N) is 3. The maximum absolute atomic E-state index is 11.9. The van der Waals surface area contributed by atoms with Crippen molar-refractivity contribution in [2.24, 2.45) is 0 Å². The molecule has 7 nitrogen and oxygen atoms in total. The molecule has 0 atom stereocenters. The number of hydrogen-bond donors (Lipinski definition) is 3. The van der Waals surface area contributed by atoms with Crippen molar-refractivity contribution in [3.05, 3.63) is 49.5 Å². The molecule has 1 aromatic carbocycles. The summed E-state index contributed by atoms with van der Waals surface area (Å²) in [5, 5.41) is 6.01. The van der Waals surface area contributed by atoms with Crippen LogP contribution in [-0.2, 0) is 9.53 Å². The second-order valence-corrected chi connectivity index (χ2v) is 6.23. The van der Waals surface area contributed by atoms with Gasteiger partial charge in [0.15, 0.2) is 6.61 Å². The molecule has 0 saturated carbocycles. The Morgan fingerprint density at radius 1 is 1.26 bits per heavy atom. The van der Waals surface area contributed by atoms with Crippen LogP contribution in [0, 0.1) is 0 Å². The van der Waals surface area contributed by atoms with Gasteiger partial charge >= 0.3 is 11.7 Å². The van der Waals surface area contributed by atoms with E-state index in [0.29, 0.717) is 26.8 Å². The van der Waals surface area contributed by atoms with E-state index in [0.717, 1.165) is 0 Å². The van der Waals surface area contributed by atoms with E-state index < -0.39 is 18.5 Å². The van der Waals surface area contributed by atoms with Crippen LogP contribution >= 0.6 is 27.3 Å². The van der Waals surface area contributed by atoms with Crippen LogP contribution in [0.1, 0.15) is 10.4 Å². The van der Waals surface area contributed by atoms with E-state index in [9.17, 15) is 14.4 Å². The summed E-state index contributed by atoms with van der Waals surface area (Å²) in [5.74, 6) is -1.03. The minimum absolute atomic E-state index is 0.333. The molecule has 0 spiro atoms. The zero-order valence-electron chi connectivity index (χ0n) is 11.5. The Morgan fingerprint density at radius 2 is 2.00 bits per heavy atom. The van der Waals surface area contributed by atoms with Crippen LogP contribution in [0.15, 0.2) is 38.2 Å². The van der Waals surface area contributed by atoms with E-state index in [1.165, 1.54) is 11.3 Å². The zero-order valence-corrected chi connectivity index (χ0v) is 13.9. The average molecular weight is 396 g/mol. The van der Waals surface area contributed by atoms with Crippen LogP contribution in [-0.4, -0.2) is 28.5 Å². The second-order valence-electron chi connectivity index (χ2n) is 4.59. The van der Waals surface area contributed by atoms with E-state index in [-0.39, 0.29) is 5.69 Å². The summed E-state index contributed by atoms with van der Waals surface area (Å²) in [4.78, 5) is 40.0. The summed E-state index contributed by atoms with van der Waals surface area (Å²) in [5.41, 5.74) is 1.72. The molecular weight excluding hydrogens is 386 g/mol. The third-order valence-electron chi connectivity index (χ3n) is 2.97. The molecule has 0 aliphatic carbocycles. The molecule has 0 radical (unpaired) electrons. The first kappa shape index (κ1) is 15.5. The highest BCUT2D eigenvalue weighted by molar-refractivity contribution is 9.10. The molecular formula is C14H10BrN3O4S. The monoisotopic (exact) mass is 395 g/mol. The Kier molecular flexibility index (Phi) is 4.30. The number of carbonyl (C=O) groups excluding carboxylic acids is 2. The molecule has 23 heavy (non-hydrogen) atoms. The summed E-state index contributed by atoms with van der Waals surface area (Å²) < 4.78 is 5.52. The highest BCUT2D eigenvalue weighted by Gasteiger charge is 2.12. The number of thiophene rings is 1. The van der Waals surface area contributed by atoms with Crippen molar-refractivity contribution in [3.63, 3.8) is 0 Å². The van der Waals surface area contributed by atoms with Crippen LogP contribution in [0.25, 0.3) is 11.0 Å². The molecule has 1 amide bonds. The van der Waals surface area contributed by atoms with Gasteiger partial charge in [-0.15, -0.1) is 0 Å². The van der Waals surface area contributed by atoms with Crippen LogP contribution in [0.4, 0.5) is 5.69 Å². The lowest BCUT2D eigenvalue weighted by molar-refractivity contribution is -0.119. The van der Waals surface area contributed by atoms with Crippen molar-refractivity contribution in [2.75, 3.05) is 11.9 Å². The molecule has 0 aliphatic heterocycles. The first-order valence-corrected chi connectivity index (χ1v) is 8.17. The number of ether oxygens (including phenoxy) is 1. The smallest absolute Gasteiger partial charge is 0.339 e. The second kappa shape index (κ2) is 6.39. The quantitative estimate of drug-likeness (QED) is 0.590. The molecule has 0 unspecified atom stereocenters. The number of H-pyrrole nitrogens is 2. The SMILES string of the molecule is O=C(COC(=O)c1ccsc1)Nc1cc2[nH]c(=O)[nH]c2cc1Br. The number of aromatic nitrogens is 2. The predicted octanol–water partition coefficient (Wildman–Crippen LogP) is 2.48. The Hall–Kier alpha value is -2.39. The van der Waals surface area contributed by atoms with Gasteiger partial charge in [-0.25, -0.2) is 9.59 Å². The third kappa shape index (κ3) is 3.51. The molecule has 2 heterocycles. The van der Waals surface area contributed by atoms with Crippen molar-refractivity contribution in [3.8, 4) is 0 Å². The molecule has 0 saturated heterocycles. The number of rotatable bonds is 4. The number of aromatic amines is 2. The number of imidazole rings is 1. The van der Waals surface area contributed by atoms with Gasteiger partial charge in [0.2, 0.25) is 0 Å². The number of fused-ring (bicyclic) bond motifs is 1. The predicted molar refractivity (Wildman–Crippen MR) is 89.9 cm³/mol. The number of esters is 1. The molecule has 2 aromatic heterocycles. The number of anilines is 1. The standard InChI is InChI=1S/C14H10BrN3O4S/c15-8-3-10-11(18-14(21)17-10)4-9(8)16-12(19)5-22-13(20)7-1-2-23-6-7/h1-4,6H,5H2,(H,16,19)(H2,17,18,21). The van der Waals surface area contributed by atoms with Gasteiger partial charge in [-0.3, -0.25) is 4.79 Å². The van der Waals surface area contributed by atoms with Gasteiger partial charge in [0.1, 0.15) is 0 Å². The number of halogens is 1. The van der Waals surface area contributed by atoms with Crippen molar-refractivity contribution in [2.45, 2.75) is 0 Å². The highest BCUT2D eigenvalue weighted by Crippen LogP contribution is 2.26. The van der Waals surface area contributed by atoms with E-state index in [2.05, 4.69) is 31.2 Å². The van der Waals surface area contributed by atoms with E-state index in [1.54, 1.807) is 29.0 Å². The maximum atomic E-state index is 11.9. The first-order chi connectivity index (χ1) is 11.0. The molecule has 9 heteroatoms. The maximum Gasteiger partial charge on any atom is 0.339 e. The van der Waals surface area contributed by atoms with Crippen LogP contribution in [0.3, 0.4) is 0 Å². The Labute approximate surface area is 141 Å². The fourth-order valence-electron chi connectivity index (χ4n) is 1.93. The van der Waals surface area contributed by atoms with Gasteiger partial charge in [0.05, 0.1) is 22.3 Å². The van der Waals surface area contributed by atoms with Gasteiger partial charge in [-0.2, -0.15) is 11.3 Å². The van der Waals surface area contributed by atoms with Crippen molar-refractivity contribution in [1.82, 2.24) is 9.97 Å². The van der Waals surface area contributed by atoms with E-state index in [1.807, 2.05) is 0 Å². The van der Waals surface area contributed by atoms with Crippen molar-refractivity contribution in [1.29, 1.82) is 0 Å². The first-order valence-electron chi connectivity index (χ1n) is 6.43. The van der Waals surface area contributed by atoms with E-state index in [4.69, 9.17) is 4.74 Å².